The van der Waals surface area contributed by atoms with Gasteiger partial charge >= 0.3 is 0 Å². The first kappa shape index (κ1) is 12.0. The lowest BCUT2D eigenvalue weighted by atomic mass is 9.83. The molecule has 0 spiro atoms. The zero-order chi connectivity index (χ0) is 10.4. The molecule has 0 aromatic carbocycles. The van der Waals surface area contributed by atoms with Crippen molar-refractivity contribution in [3.05, 3.63) is 0 Å². The molecule has 1 N–H and O–H groups in total. The molecule has 1 rings (SSSR count). The third kappa shape index (κ3) is 2.96. The van der Waals surface area contributed by atoms with Gasteiger partial charge in [-0.2, -0.15) is 0 Å². The van der Waals surface area contributed by atoms with Crippen molar-refractivity contribution in [1.82, 2.24) is 10.2 Å². The molecule has 2 unspecified atom stereocenters. The predicted octanol–water partition coefficient (Wildman–Crippen LogP) is 2.11. The van der Waals surface area contributed by atoms with E-state index in [-0.39, 0.29) is 0 Å². The lowest BCUT2D eigenvalue weighted by Gasteiger charge is -2.39. The Morgan fingerprint density at radius 2 is 1.79 bits per heavy atom. The summed E-state index contributed by atoms with van der Waals surface area (Å²) >= 11 is 0. The maximum absolute atomic E-state index is 3.34. The van der Waals surface area contributed by atoms with Crippen LogP contribution >= 0.6 is 0 Å². The Hall–Kier alpha value is -0.0800. The highest BCUT2D eigenvalue weighted by molar-refractivity contribution is 4.83. The highest BCUT2D eigenvalue weighted by Gasteiger charge is 2.27. The van der Waals surface area contributed by atoms with Gasteiger partial charge in [0.05, 0.1) is 0 Å². The highest BCUT2D eigenvalue weighted by atomic mass is 15.2. The first-order valence-corrected chi connectivity index (χ1v) is 6.22. The molecule has 0 saturated heterocycles. The van der Waals surface area contributed by atoms with Crippen LogP contribution < -0.4 is 5.32 Å². The molecule has 0 aromatic rings. The van der Waals surface area contributed by atoms with Crippen LogP contribution in [0, 0.1) is 5.92 Å². The van der Waals surface area contributed by atoms with Crippen LogP contribution in [0.5, 0.6) is 0 Å². The summed E-state index contributed by atoms with van der Waals surface area (Å²) in [6.07, 6.45) is 5.70. The van der Waals surface area contributed by atoms with Crippen molar-refractivity contribution in [3.63, 3.8) is 0 Å². The normalized spacial score (nSPS) is 28.3. The zero-order valence-electron chi connectivity index (χ0n) is 10.1. The fourth-order valence-electron chi connectivity index (χ4n) is 2.86. The van der Waals surface area contributed by atoms with Gasteiger partial charge in [-0.3, -0.25) is 0 Å². The zero-order valence-corrected chi connectivity index (χ0v) is 10.1. The smallest absolute Gasteiger partial charge is 0.0135 e. The SMILES string of the molecule is CCN(CC)C1CCCCC1CNC. The molecule has 0 amide bonds. The third-order valence-electron chi connectivity index (χ3n) is 3.62. The summed E-state index contributed by atoms with van der Waals surface area (Å²) in [6.45, 7) is 8.19. The Morgan fingerprint density at radius 1 is 1.14 bits per heavy atom. The third-order valence-corrected chi connectivity index (χ3v) is 3.62. The molecular weight excluding hydrogens is 172 g/mol. The predicted molar refractivity (Wildman–Crippen MR) is 62.6 cm³/mol. The molecule has 0 bridgehead atoms. The summed E-state index contributed by atoms with van der Waals surface area (Å²) in [7, 11) is 2.08. The van der Waals surface area contributed by atoms with Crippen molar-refractivity contribution in [2.24, 2.45) is 5.92 Å². The van der Waals surface area contributed by atoms with E-state index in [0.717, 1.165) is 12.0 Å². The van der Waals surface area contributed by atoms with E-state index in [0.29, 0.717) is 0 Å². The first-order chi connectivity index (χ1) is 6.83. The second kappa shape index (κ2) is 6.41. The van der Waals surface area contributed by atoms with Gasteiger partial charge in [0.25, 0.3) is 0 Å². The molecule has 0 heterocycles. The standard InChI is InChI=1S/C12H26N2/c1-4-14(5-2)12-9-7-6-8-11(12)10-13-3/h11-13H,4-10H2,1-3H3. The molecule has 1 aliphatic carbocycles. The van der Waals surface area contributed by atoms with Crippen molar-refractivity contribution in [1.29, 1.82) is 0 Å². The van der Waals surface area contributed by atoms with Gasteiger partial charge in [0.2, 0.25) is 0 Å². The second-order valence-corrected chi connectivity index (χ2v) is 4.39. The molecule has 1 saturated carbocycles. The van der Waals surface area contributed by atoms with Crippen molar-refractivity contribution >= 4 is 0 Å². The van der Waals surface area contributed by atoms with Gasteiger partial charge in [0.15, 0.2) is 0 Å². The van der Waals surface area contributed by atoms with E-state index in [1.807, 2.05) is 0 Å². The van der Waals surface area contributed by atoms with E-state index in [1.54, 1.807) is 0 Å². The van der Waals surface area contributed by atoms with Crippen molar-refractivity contribution < 1.29 is 0 Å². The number of rotatable bonds is 5. The van der Waals surface area contributed by atoms with Crippen molar-refractivity contribution in [2.45, 2.75) is 45.6 Å². The van der Waals surface area contributed by atoms with E-state index >= 15 is 0 Å². The van der Waals surface area contributed by atoms with Gasteiger partial charge in [-0.1, -0.05) is 26.7 Å². The summed E-state index contributed by atoms with van der Waals surface area (Å²) < 4.78 is 0. The van der Waals surface area contributed by atoms with Crippen molar-refractivity contribution in [2.75, 3.05) is 26.7 Å². The van der Waals surface area contributed by atoms with Crippen LogP contribution in [0.4, 0.5) is 0 Å². The quantitative estimate of drug-likeness (QED) is 0.728. The topological polar surface area (TPSA) is 15.3 Å². The van der Waals surface area contributed by atoms with Gasteiger partial charge < -0.3 is 10.2 Å². The molecular formula is C12H26N2. The average molecular weight is 198 g/mol. The highest BCUT2D eigenvalue weighted by Crippen LogP contribution is 2.27. The van der Waals surface area contributed by atoms with E-state index in [9.17, 15) is 0 Å². The second-order valence-electron chi connectivity index (χ2n) is 4.39. The number of nitrogens with zero attached hydrogens (tertiary/aromatic N) is 1. The molecule has 0 aromatic heterocycles. The van der Waals surface area contributed by atoms with Crippen LogP contribution in [0.1, 0.15) is 39.5 Å². The maximum atomic E-state index is 3.34. The Labute approximate surface area is 89.1 Å². The fraction of sp³-hybridized carbons (Fsp3) is 1.00. The van der Waals surface area contributed by atoms with E-state index in [1.165, 1.54) is 45.3 Å². The molecule has 2 atom stereocenters. The average Bonchev–Trinajstić information content (AvgIpc) is 2.23. The van der Waals surface area contributed by atoms with Crippen LogP contribution in [0.2, 0.25) is 0 Å². The number of nitrogens with one attached hydrogen (secondary N) is 1. The molecule has 0 aliphatic heterocycles. The molecule has 2 heteroatoms. The van der Waals surface area contributed by atoms with Crippen LogP contribution in [0.15, 0.2) is 0 Å². The molecule has 84 valence electrons. The van der Waals surface area contributed by atoms with E-state index < -0.39 is 0 Å². The number of hydrogen-bond donors (Lipinski definition) is 1. The Bertz CT molecular complexity index is 141. The van der Waals surface area contributed by atoms with Crippen LogP contribution in [-0.2, 0) is 0 Å². The van der Waals surface area contributed by atoms with E-state index in [4.69, 9.17) is 0 Å². The summed E-state index contributed by atoms with van der Waals surface area (Å²) in [4.78, 5) is 2.64. The van der Waals surface area contributed by atoms with Crippen LogP contribution in [0.3, 0.4) is 0 Å². The van der Waals surface area contributed by atoms with Crippen LogP contribution in [0.25, 0.3) is 0 Å². The Kier molecular flexibility index (Phi) is 5.49. The molecule has 2 nitrogen and oxygen atoms in total. The largest absolute Gasteiger partial charge is 0.319 e. The Balaban J connectivity index is 2.51. The molecule has 1 aliphatic rings. The minimum Gasteiger partial charge on any atom is -0.319 e. The van der Waals surface area contributed by atoms with Gasteiger partial charge in [0, 0.05) is 6.04 Å². The lowest BCUT2D eigenvalue weighted by molar-refractivity contribution is 0.114. The van der Waals surface area contributed by atoms with Crippen LogP contribution in [-0.4, -0.2) is 37.6 Å². The minimum atomic E-state index is 0.839. The summed E-state index contributed by atoms with van der Waals surface area (Å²) in [5.74, 6) is 0.883. The monoisotopic (exact) mass is 198 g/mol. The summed E-state index contributed by atoms with van der Waals surface area (Å²) in [6, 6.07) is 0.839. The first-order valence-electron chi connectivity index (χ1n) is 6.22. The van der Waals surface area contributed by atoms with Gasteiger partial charge in [0.1, 0.15) is 0 Å². The maximum Gasteiger partial charge on any atom is 0.0135 e. The van der Waals surface area contributed by atoms with Gasteiger partial charge in [-0.15, -0.1) is 0 Å². The number of hydrogen-bond acceptors (Lipinski definition) is 2. The van der Waals surface area contributed by atoms with Gasteiger partial charge in [-0.05, 0) is 45.4 Å². The Morgan fingerprint density at radius 3 is 2.36 bits per heavy atom. The fourth-order valence-corrected chi connectivity index (χ4v) is 2.86. The molecule has 1 fully saturated rings. The minimum absolute atomic E-state index is 0.839. The lowest BCUT2D eigenvalue weighted by Crippen LogP contribution is -2.45. The summed E-state index contributed by atoms with van der Waals surface area (Å²) in [5, 5.41) is 3.34. The van der Waals surface area contributed by atoms with Gasteiger partial charge in [-0.25, -0.2) is 0 Å². The molecule has 0 radical (unpaired) electrons. The van der Waals surface area contributed by atoms with Crippen molar-refractivity contribution in [3.8, 4) is 0 Å². The molecule has 14 heavy (non-hydrogen) atoms. The van der Waals surface area contributed by atoms with E-state index in [2.05, 4.69) is 31.1 Å². The summed E-state index contributed by atoms with van der Waals surface area (Å²) in [5.41, 5.74) is 0.